The van der Waals surface area contributed by atoms with Crippen molar-refractivity contribution in [2.45, 2.75) is 38.5 Å². The first-order valence-corrected chi connectivity index (χ1v) is 7.33. The van der Waals surface area contributed by atoms with Crippen molar-refractivity contribution < 1.29 is 9.47 Å². The third-order valence-electron chi connectivity index (χ3n) is 4.02. The second kappa shape index (κ2) is 5.68. The van der Waals surface area contributed by atoms with Crippen LogP contribution in [0.25, 0.3) is 0 Å². The number of pyridine rings is 1. The second-order valence-electron chi connectivity index (χ2n) is 5.73. The van der Waals surface area contributed by atoms with Gasteiger partial charge in [0.05, 0.1) is 18.9 Å². The van der Waals surface area contributed by atoms with E-state index in [1.54, 1.807) is 0 Å². The van der Waals surface area contributed by atoms with E-state index in [0.717, 1.165) is 25.6 Å². The summed E-state index contributed by atoms with van der Waals surface area (Å²) >= 11 is 0. The highest BCUT2D eigenvalue weighted by molar-refractivity contribution is 5.49. The minimum atomic E-state index is 0.521. The normalized spacial score (nSPS) is 18.9. The molecular formula is C15H22N2O2. The highest BCUT2D eigenvalue weighted by Gasteiger charge is 2.22. The standard InChI is InChI=1S/C15H22N2O2/c16-13-6-7-14(18-9-8-11-2-1-3-11)17-15(13)19-10-12-4-5-12/h6-7,11-12H,1-5,8-10,16H2. The Morgan fingerprint density at radius 1 is 1.11 bits per heavy atom. The molecule has 3 rings (SSSR count). The van der Waals surface area contributed by atoms with Crippen LogP contribution in [-0.2, 0) is 0 Å². The van der Waals surface area contributed by atoms with Gasteiger partial charge in [0.2, 0.25) is 11.8 Å². The predicted molar refractivity (Wildman–Crippen MR) is 74.3 cm³/mol. The van der Waals surface area contributed by atoms with Crippen LogP contribution in [0.1, 0.15) is 38.5 Å². The number of ether oxygens (including phenoxy) is 2. The quantitative estimate of drug-likeness (QED) is 0.820. The van der Waals surface area contributed by atoms with Gasteiger partial charge in [-0.1, -0.05) is 19.3 Å². The monoisotopic (exact) mass is 262 g/mol. The van der Waals surface area contributed by atoms with Gasteiger partial charge in [-0.2, -0.15) is 4.98 Å². The summed E-state index contributed by atoms with van der Waals surface area (Å²) in [5.41, 5.74) is 6.45. The Hall–Kier alpha value is -1.45. The Bertz CT molecular complexity index is 428. The third kappa shape index (κ3) is 3.52. The van der Waals surface area contributed by atoms with Crippen LogP contribution in [0.3, 0.4) is 0 Å². The number of rotatable bonds is 7. The first kappa shape index (κ1) is 12.6. The van der Waals surface area contributed by atoms with Gasteiger partial charge in [0.25, 0.3) is 0 Å². The zero-order chi connectivity index (χ0) is 13.1. The van der Waals surface area contributed by atoms with Gasteiger partial charge in [-0.05, 0) is 37.2 Å². The molecule has 0 bridgehead atoms. The van der Waals surface area contributed by atoms with Gasteiger partial charge in [-0.3, -0.25) is 0 Å². The van der Waals surface area contributed by atoms with E-state index in [0.29, 0.717) is 23.4 Å². The Balaban J connectivity index is 1.49. The van der Waals surface area contributed by atoms with E-state index >= 15 is 0 Å². The van der Waals surface area contributed by atoms with Gasteiger partial charge in [0.1, 0.15) is 0 Å². The van der Waals surface area contributed by atoms with Crippen molar-refractivity contribution in [1.82, 2.24) is 4.98 Å². The third-order valence-corrected chi connectivity index (χ3v) is 4.02. The van der Waals surface area contributed by atoms with Crippen molar-refractivity contribution in [3.05, 3.63) is 12.1 Å². The lowest BCUT2D eigenvalue weighted by atomic mass is 9.83. The molecule has 0 amide bonds. The lowest BCUT2D eigenvalue weighted by Gasteiger charge is -2.24. The van der Waals surface area contributed by atoms with E-state index in [9.17, 15) is 0 Å². The summed E-state index contributed by atoms with van der Waals surface area (Å²) in [4.78, 5) is 4.34. The highest BCUT2D eigenvalue weighted by atomic mass is 16.5. The smallest absolute Gasteiger partial charge is 0.240 e. The summed E-state index contributed by atoms with van der Waals surface area (Å²) < 4.78 is 11.3. The number of anilines is 1. The number of nitrogens with zero attached hydrogens (tertiary/aromatic N) is 1. The highest BCUT2D eigenvalue weighted by Crippen LogP contribution is 2.31. The van der Waals surface area contributed by atoms with Gasteiger partial charge in [0, 0.05) is 6.07 Å². The van der Waals surface area contributed by atoms with Crippen LogP contribution >= 0.6 is 0 Å². The Labute approximate surface area is 114 Å². The van der Waals surface area contributed by atoms with E-state index in [1.165, 1.54) is 32.1 Å². The van der Waals surface area contributed by atoms with Crippen molar-refractivity contribution in [2.75, 3.05) is 18.9 Å². The Morgan fingerprint density at radius 2 is 1.95 bits per heavy atom. The molecule has 2 N–H and O–H groups in total. The zero-order valence-electron chi connectivity index (χ0n) is 11.3. The Kier molecular flexibility index (Phi) is 3.76. The van der Waals surface area contributed by atoms with Gasteiger partial charge >= 0.3 is 0 Å². The molecule has 2 aliphatic rings. The van der Waals surface area contributed by atoms with Crippen molar-refractivity contribution >= 4 is 5.69 Å². The summed E-state index contributed by atoms with van der Waals surface area (Å²) in [7, 11) is 0. The maximum Gasteiger partial charge on any atom is 0.240 e. The molecule has 2 fully saturated rings. The minimum absolute atomic E-state index is 0.521. The number of nitrogen functional groups attached to an aromatic ring is 1. The average Bonchev–Trinajstić information content (AvgIpc) is 3.16. The Morgan fingerprint density at radius 3 is 2.63 bits per heavy atom. The summed E-state index contributed by atoms with van der Waals surface area (Å²) in [5.74, 6) is 2.70. The van der Waals surface area contributed by atoms with Gasteiger partial charge in [-0.15, -0.1) is 0 Å². The molecule has 0 atom stereocenters. The van der Waals surface area contributed by atoms with Crippen LogP contribution < -0.4 is 15.2 Å². The predicted octanol–water partition coefficient (Wildman–Crippen LogP) is 3.02. The number of hydrogen-bond acceptors (Lipinski definition) is 4. The van der Waals surface area contributed by atoms with E-state index in [2.05, 4.69) is 4.98 Å². The van der Waals surface area contributed by atoms with E-state index in [1.807, 2.05) is 12.1 Å². The first-order valence-electron chi connectivity index (χ1n) is 7.33. The molecule has 4 heteroatoms. The SMILES string of the molecule is Nc1ccc(OCCC2CCC2)nc1OCC1CC1. The van der Waals surface area contributed by atoms with Crippen LogP contribution in [-0.4, -0.2) is 18.2 Å². The van der Waals surface area contributed by atoms with Crippen LogP contribution in [0.15, 0.2) is 12.1 Å². The number of aromatic nitrogens is 1. The fraction of sp³-hybridized carbons (Fsp3) is 0.667. The summed E-state index contributed by atoms with van der Waals surface area (Å²) in [5, 5.41) is 0. The van der Waals surface area contributed by atoms with Crippen LogP contribution in [0.2, 0.25) is 0 Å². The molecule has 19 heavy (non-hydrogen) atoms. The van der Waals surface area contributed by atoms with Crippen molar-refractivity contribution in [1.29, 1.82) is 0 Å². The van der Waals surface area contributed by atoms with Crippen molar-refractivity contribution in [3.8, 4) is 11.8 Å². The van der Waals surface area contributed by atoms with Gasteiger partial charge < -0.3 is 15.2 Å². The largest absolute Gasteiger partial charge is 0.478 e. The first-order chi connectivity index (χ1) is 9.31. The minimum Gasteiger partial charge on any atom is -0.478 e. The summed E-state index contributed by atoms with van der Waals surface area (Å²) in [6.45, 7) is 1.46. The van der Waals surface area contributed by atoms with E-state index in [4.69, 9.17) is 15.2 Å². The molecule has 1 heterocycles. The summed E-state index contributed by atoms with van der Waals surface area (Å²) in [6, 6.07) is 3.63. The fourth-order valence-electron chi connectivity index (χ4n) is 2.22. The molecular weight excluding hydrogens is 240 g/mol. The molecule has 1 aromatic heterocycles. The van der Waals surface area contributed by atoms with Crippen molar-refractivity contribution in [3.63, 3.8) is 0 Å². The van der Waals surface area contributed by atoms with E-state index in [-0.39, 0.29) is 0 Å². The molecule has 104 valence electrons. The van der Waals surface area contributed by atoms with Crippen LogP contribution in [0.5, 0.6) is 11.8 Å². The number of nitrogens with two attached hydrogens (primary N) is 1. The molecule has 0 unspecified atom stereocenters. The molecule has 0 saturated heterocycles. The topological polar surface area (TPSA) is 57.4 Å². The molecule has 4 nitrogen and oxygen atoms in total. The van der Waals surface area contributed by atoms with Crippen LogP contribution in [0, 0.1) is 11.8 Å². The van der Waals surface area contributed by atoms with Crippen LogP contribution in [0.4, 0.5) is 5.69 Å². The molecule has 0 radical (unpaired) electrons. The zero-order valence-corrected chi connectivity index (χ0v) is 11.3. The fourth-order valence-corrected chi connectivity index (χ4v) is 2.22. The molecule has 2 saturated carbocycles. The average molecular weight is 262 g/mol. The molecule has 0 aliphatic heterocycles. The number of hydrogen-bond donors (Lipinski definition) is 1. The summed E-state index contributed by atoms with van der Waals surface area (Å²) in [6.07, 6.45) is 7.74. The lowest BCUT2D eigenvalue weighted by Crippen LogP contribution is -2.15. The van der Waals surface area contributed by atoms with Crippen molar-refractivity contribution in [2.24, 2.45) is 11.8 Å². The second-order valence-corrected chi connectivity index (χ2v) is 5.73. The van der Waals surface area contributed by atoms with Gasteiger partial charge in [0.15, 0.2) is 0 Å². The van der Waals surface area contributed by atoms with E-state index < -0.39 is 0 Å². The maximum atomic E-state index is 5.86. The molecule has 2 aliphatic carbocycles. The molecule has 0 spiro atoms. The lowest BCUT2D eigenvalue weighted by molar-refractivity contribution is 0.214. The molecule has 1 aromatic rings. The maximum absolute atomic E-state index is 5.86. The van der Waals surface area contributed by atoms with Gasteiger partial charge in [-0.25, -0.2) is 0 Å². The molecule has 0 aromatic carbocycles.